The molecule has 2 N–H and O–H groups in total. The lowest BCUT2D eigenvalue weighted by Gasteiger charge is -2.36. The fraction of sp³-hybridized carbons (Fsp3) is 0.389. The molecule has 0 aliphatic heterocycles. The molecule has 2 saturated carbocycles. The summed E-state index contributed by atoms with van der Waals surface area (Å²) in [5, 5.41) is 5.84. The minimum atomic E-state index is -0.363. The van der Waals surface area contributed by atoms with Crippen molar-refractivity contribution < 1.29 is 14.0 Å². The van der Waals surface area contributed by atoms with Crippen molar-refractivity contribution in [3.8, 4) is 0 Å². The van der Waals surface area contributed by atoms with E-state index >= 15 is 0 Å². The van der Waals surface area contributed by atoms with E-state index in [-0.39, 0.29) is 29.7 Å². The molecule has 1 aromatic heterocycles. The Morgan fingerprint density at radius 3 is 2.44 bits per heavy atom. The van der Waals surface area contributed by atoms with Crippen molar-refractivity contribution in [3.05, 3.63) is 51.7 Å². The van der Waals surface area contributed by atoms with Crippen LogP contribution < -0.4 is 10.6 Å². The molecule has 0 saturated heterocycles. The van der Waals surface area contributed by atoms with E-state index in [9.17, 15) is 14.0 Å². The lowest BCUT2D eigenvalue weighted by atomic mass is 9.86. The molecule has 2 aliphatic rings. The number of rotatable bonds is 5. The predicted molar refractivity (Wildman–Crippen MR) is 92.2 cm³/mol. The first kappa shape index (κ1) is 16.2. The monoisotopic (exact) mass is 359 g/mol. The molecule has 0 atom stereocenters. The van der Waals surface area contributed by atoms with Crippen LogP contribution in [-0.2, 0) is 0 Å². The summed E-state index contributed by atoms with van der Waals surface area (Å²) < 4.78 is 13.7. The highest BCUT2D eigenvalue weighted by Gasteiger charge is 2.32. The van der Waals surface area contributed by atoms with Crippen LogP contribution in [-0.4, -0.2) is 28.9 Å². The predicted octanol–water partition coefficient (Wildman–Crippen LogP) is 2.85. The smallest absolute Gasteiger partial charge is 0.263 e. The molecule has 0 bridgehead atoms. The molecule has 0 spiro atoms. The largest absolute Gasteiger partial charge is 0.349 e. The van der Waals surface area contributed by atoms with Gasteiger partial charge in [-0.15, -0.1) is 11.3 Å². The van der Waals surface area contributed by atoms with Gasteiger partial charge in [0.2, 0.25) is 0 Å². The molecule has 2 aliphatic carbocycles. The highest BCUT2D eigenvalue weighted by molar-refractivity contribution is 7.11. The topological polar surface area (TPSA) is 71.1 Å². The Hall–Kier alpha value is -2.28. The number of aromatic nitrogens is 1. The Kier molecular flexibility index (Phi) is 4.25. The Morgan fingerprint density at radius 1 is 1.08 bits per heavy atom. The molecule has 5 nitrogen and oxygen atoms in total. The lowest BCUT2D eigenvalue weighted by Crippen LogP contribution is -2.53. The summed E-state index contributed by atoms with van der Waals surface area (Å²) in [7, 11) is 0. The van der Waals surface area contributed by atoms with Gasteiger partial charge in [-0.2, -0.15) is 0 Å². The maximum absolute atomic E-state index is 13.7. The van der Waals surface area contributed by atoms with Crippen molar-refractivity contribution in [2.24, 2.45) is 0 Å². The molecule has 7 heteroatoms. The fourth-order valence-corrected chi connectivity index (χ4v) is 3.63. The van der Waals surface area contributed by atoms with E-state index in [1.807, 2.05) is 0 Å². The molecule has 1 heterocycles. The number of carbonyl (C=O) groups is 2. The molecule has 130 valence electrons. The third kappa shape index (κ3) is 3.71. The average Bonchev–Trinajstić information content (AvgIpc) is 3.26. The van der Waals surface area contributed by atoms with Crippen LogP contribution in [0.5, 0.6) is 0 Å². The van der Waals surface area contributed by atoms with Gasteiger partial charge in [0.25, 0.3) is 11.8 Å². The number of hydrogen-bond donors (Lipinski definition) is 2. The number of carbonyl (C=O) groups excluding carboxylic acids is 2. The van der Waals surface area contributed by atoms with Gasteiger partial charge in [-0.25, -0.2) is 4.39 Å². The second kappa shape index (κ2) is 6.55. The van der Waals surface area contributed by atoms with Gasteiger partial charge < -0.3 is 10.6 Å². The Labute approximate surface area is 148 Å². The minimum absolute atomic E-state index is 0.00639. The van der Waals surface area contributed by atoms with Gasteiger partial charge >= 0.3 is 0 Å². The highest BCUT2D eigenvalue weighted by Crippen LogP contribution is 2.40. The van der Waals surface area contributed by atoms with Gasteiger partial charge in [-0.1, -0.05) is 0 Å². The molecule has 1 aromatic carbocycles. The normalized spacial score (nSPS) is 22.1. The van der Waals surface area contributed by atoms with E-state index in [2.05, 4.69) is 15.6 Å². The Morgan fingerprint density at radius 2 is 1.80 bits per heavy atom. The first-order valence-corrected chi connectivity index (χ1v) is 9.27. The van der Waals surface area contributed by atoms with E-state index in [0.717, 1.165) is 18.4 Å². The molecular formula is C18H18FN3O2S. The van der Waals surface area contributed by atoms with E-state index in [0.29, 0.717) is 29.2 Å². The maximum atomic E-state index is 13.7. The van der Waals surface area contributed by atoms with Crippen molar-refractivity contribution in [2.75, 3.05) is 0 Å². The van der Waals surface area contributed by atoms with Crippen LogP contribution in [0.15, 0.2) is 29.9 Å². The molecule has 0 unspecified atom stereocenters. The Balaban J connectivity index is 1.29. The zero-order valence-electron chi connectivity index (χ0n) is 13.5. The van der Waals surface area contributed by atoms with E-state index in [1.54, 1.807) is 17.8 Å². The molecule has 2 fully saturated rings. The van der Waals surface area contributed by atoms with Gasteiger partial charge in [0, 0.05) is 17.6 Å². The number of benzene rings is 1. The second-order valence-corrected chi connectivity index (χ2v) is 7.61. The van der Waals surface area contributed by atoms with Crippen LogP contribution >= 0.6 is 11.3 Å². The van der Waals surface area contributed by atoms with Crippen LogP contribution in [0.4, 0.5) is 4.39 Å². The van der Waals surface area contributed by atoms with Gasteiger partial charge in [-0.05, 0) is 55.4 Å². The van der Waals surface area contributed by atoms with Gasteiger partial charge in [0.05, 0.1) is 11.7 Å². The molecule has 25 heavy (non-hydrogen) atoms. The summed E-state index contributed by atoms with van der Waals surface area (Å²) >= 11 is 1.30. The summed E-state index contributed by atoms with van der Waals surface area (Å²) in [5.74, 6) is -0.342. The first-order chi connectivity index (χ1) is 12.1. The summed E-state index contributed by atoms with van der Waals surface area (Å²) in [6.45, 7) is 0. The number of hydrogen-bond acceptors (Lipinski definition) is 4. The van der Waals surface area contributed by atoms with Crippen LogP contribution in [0.1, 0.15) is 57.2 Å². The standard InChI is InChI=1S/C18H18FN3O2S/c19-13-4-11(10-1-2-10)3-12(5-13)17(23)21-14-6-15(7-14)22-18(24)16-8-20-9-25-16/h3-5,8-10,14-15H,1-2,6-7H2,(H,21,23)(H,22,24). The van der Waals surface area contributed by atoms with Gasteiger partial charge in [0.1, 0.15) is 10.7 Å². The number of nitrogens with one attached hydrogen (secondary N) is 2. The summed E-state index contributed by atoms with van der Waals surface area (Å²) in [5.41, 5.74) is 2.90. The van der Waals surface area contributed by atoms with E-state index < -0.39 is 0 Å². The van der Waals surface area contributed by atoms with Gasteiger partial charge in [0.15, 0.2) is 0 Å². The number of nitrogens with zero attached hydrogens (tertiary/aromatic N) is 1. The van der Waals surface area contributed by atoms with Crippen molar-refractivity contribution in [2.45, 2.75) is 43.7 Å². The lowest BCUT2D eigenvalue weighted by molar-refractivity contribution is 0.0864. The van der Waals surface area contributed by atoms with E-state index in [4.69, 9.17) is 0 Å². The molecule has 0 radical (unpaired) electrons. The molecular weight excluding hydrogens is 341 g/mol. The number of thiazole rings is 1. The van der Waals surface area contributed by atoms with Crippen molar-refractivity contribution >= 4 is 23.2 Å². The number of amides is 2. The van der Waals surface area contributed by atoms with Crippen molar-refractivity contribution in [1.29, 1.82) is 0 Å². The van der Waals surface area contributed by atoms with E-state index in [1.165, 1.54) is 23.5 Å². The van der Waals surface area contributed by atoms with Crippen LogP contribution in [0, 0.1) is 5.82 Å². The molecule has 2 aromatic rings. The van der Waals surface area contributed by atoms with Crippen LogP contribution in [0.25, 0.3) is 0 Å². The molecule has 4 rings (SSSR count). The van der Waals surface area contributed by atoms with Crippen molar-refractivity contribution in [1.82, 2.24) is 15.6 Å². The first-order valence-electron chi connectivity index (χ1n) is 8.39. The van der Waals surface area contributed by atoms with Crippen LogP contribution in [0.2, 0.25) is 0 Å². The summed E-state index contributed by atoms with van der Waals surface area (Å²) in [4.78, 5) is 28.7. The van der Waals surface area contributed by atoms with Gasteiger partial charge in [-0.3, -0.25) is 14.6 Å². The maximum Gasteiger partial charge on any atom is 0.263 e. The molecule has 2 amide bonds. The number of halogens is 1. The fourth-order valence-electron chi connectivity index (χ4n) is 3.10. The zero-order chi connectivity index (χ0) is 17.4. The average molecular weight is 359 g/mol. The third-order valence-electron chi connectivity index (χ3n) is 4.70. The van der Waals surface area contributed by atoms with Crippen LogP contribution in [0.3, 0.4) is 0 Å². The SMILES string of the molecule is O=C(NC1CC(NC(=O)c2cncs2)C1)c1cc(F)cc(C2CC2)c1. The summed E-state index contributed by atoms with van der Waals surface area (Å²) in [6, 6.07) is 4.64. The summed E-state index contributed by atoms with van der Waals surface area (Å²) in [6.07, 6.45) is 5.03. The highest BCUT2D eigenvalue weighted by atomic mass is 32.1. The Bertz CT molecular complexity index is 799. The third-order valence-corrected chi connectivity index (χ3v) is 5.47. The minimum Gasteiger partial charge on any atom is -0.349 e. The zero-order valence-corrected chi connectivity index (χ0v) is 14.3. The second-order valence-electron chi connectivity index (χ2n) is 6.73. The van der Waals surface area contributed by atoms with Crippen molar-refractivity contribution in [3.63, 3.8) is 0 Å². The quantitative estimate of drug-likeness (QED) is 0.862.